The highest BCUT2D eigenvalue weighted by molar-refractivity contribution is 5.91. The van der Waals surface area contributed by atoms with E-state index in [0.717, 1.165) is 52.7 Å². The monoisotopic (exact) mass is 403 g/mol. The highest BCUT2D eigenvalue weighted by Crippen LogP contribution is 2.33. The molecule has 0 saturated carbocycles. The van der Waals surface area contributed by atoms with Gasteiger partial charge < -0.3 is 9.88 Å². The number of hydroxylamine groups is 1. The summed E-state index contributed by atoms with van der Waals surface area (Å²) in [7, 11) is 0. The Morgan fingerprint density at radius 1 is 1.20 bits per heavy atom. The molecule has 2 amide bonds. The highest BCUT2D eigenvalue weighted by atomic mass is 16.5. The number of aryl methyl sites for hydroxylation is 1. The molecule has 4 rings (SSSR count). The first-order chi connectivity index (χ1) is 14.6. The highest BCUT2D eigenvalue weighted by Gasteiger charge is 2.30. The van der Waals surface area contributed by atoms with E-state index < -0.39 is 5.91 Å². The van der Waals surface area contributed by atoms with Crippen LogP contribution < -0.4 is 5.48 Å². The average Bonchev–Trinajstić information content (AvgIpc) is 3.37. The SMILES string of the molecule is Cc1[nH]c2ccccc2c1CC(=O)N1CCCC1c1ccc(/C=C/C(=O)NO)cc1. The van der Waals surface area contributed by atoms with E-state index in [4.69, 9.17) is 5.21 Å². The van der Waals surface area contributed by atoms with Gasteiger partial charge in [0.1, 0.15) is 0 Å². The lowest BCUT2D eigenvalue weighted by Crippen LogP contribution is -2.32. The van der Waals surface area contributed by atoms with Crippen molar-refractivity contribution in [3.63, 3.8) is 0 Å². The number of rotatable bonds is 5. The number of para-hydroxylation sites is 1. The van der Waals surface area contributed by atoms with E-state index in [1.165, 1.54) is 6.08 Å². The Balaban J connectivity index is 1.50. The first kappa shape index (κ1) is 19.9. The number of carbonyl (C=O) groups excluding carboxylic acids is 2. The number of benzene rings is 2. The molecule has 3 N–H and O–H groups in total. The van der Waals surface area contributed by atoms with Crippen molar-refractivity contribution in [3.8, 4) is 0 Å². The Morgan fingerprint density at radius 2 is 1.97 bits per heavy atom. The number of likely N-dealkylation sites (tertiary alicyclic amines) is 1. The standard InChI is InChI=1S/C24H25N3O3/c1-16-20(19-5-2-3-6-21(19)25-16)15-24(29)27-14-4-7-22(27)18-11-8-17(9-12-18)10-13-23(28)26-30/h2-3,5-6,8-13,22,25,30H,4,7,14-15H2,1H3,(H,26,28)/b13-10+. The third-order valence-corrected chi connectivity index (χ3v) is 5.79. The maximum absolute atomic E-state index is 13.2. The Morgan fingerprint density at radius 3 is 2.73 bits per heavy atom. The van der Waals surface area contributed by atoms with E-state index in [1.807, 2.05) is 54.3 Å². The third kappa shape index (κ3) is 4.00. The molecule has 6 heteroatoms. The maximum atomic E-state index is 13.2. The Kier molecular flexibility index (Phi) is 5.68. The van der Waals surface area contributed by atoms with Crippen molar-refractivity contribution in [3.05, 3.63) is 77.0 Å². The van der Waals surface area contributed by atoms with Crippen LogP contribution in [0.3, 0.4) is 0 Å². The van der Waals surface area contributed by atoms with Gasteiger partial charge in [0.05, 0.1) is 12.5 Å². The fourth-order valence-electron chi connectivity index (χ4n) is 4.27. The number of hydrogen-bond donors (Lipinski definition) is 3. The molecule has 1 fully saturated rings. The molecule has 1 unspecified atom stereocenters. The van der Waals surface area contributed by atoms with E-state index >= 15 is 0 Å². The quantitative estimate of drug-likeness (QED) is 0.343. The predicted molar refractivity (Wildman–Crippen MR) is 116 cm³/mol. The summed E-state index contributed by atoms with van der Waals surface area (Å²) >= 11 is 0. The Hall–Kier alpha value is -3.38. The number of hydrogen-bond acceptors (Lipinski definition) is 3. The van der Waals surface area contributed by atoms with Crippen LogP contribution in [0.1, 0.15) is 41.3 Å². The molecule has 1 saturated heterocycles. The van der Waals surface area contributed by atoms with Gasteiger partial charge in [-0.3, -0.25) is 14.8 Å². The van der Waals surface area contributed by atoms with Gasteiger partial charge in [0.25, 0.3) is 5.91 Å². The summed E-state index contributed by atoms with van der Waals surface area (Å²) in [5.74, 6) is -0.423. The number of aromatic amines is 1. The van der Waals surface area contributed by atoms with Crippen molar-refractivity contribution >= 4 is 28.8 Å². The van der Waals surface area contributed by atoms with Crippen molar-refractivity contribution in [2.24, 2.45) is 0 Å². The van der Waals surface area contributed by atoms with Gasteiger partial charge in [0, 0.05) is 29.2 Å². The molecule has 0 bridgehead atoms. The first-order valence-electron chi connectivity index (χ1n) is 10.1. The van der Waals surface area contributed by atoms with E-state index in [-0.39, 0.29) is 11.9 Å². The number of nitrogens with zero attached hydrogens (tertiary/aromatic N) is 1. The van der Waals surface area contributed by atoms with Crippen LogP contribution in [0, 0.1) is 6.92 Å². The molecule has 2 aromatic carbocycles. The van der Waals surface area contributed by atoms with Gasteiger partial charge in [0.2, 0.25) is 5.91 Å². The van der Waals surface area contributed by atoms with Crippen LogP contribution in [0.4, 0.5) is 0 Å². The van der Waals surface area contributed by atoms with Gasteiger partial charge >= 0.3 is 0 Å². The lowest BCUT2D eigenvalue weighted by molar-refractivity contribution is -0.131. The minimum Gasteiger partial charge on any atom is -0.358 e. The van der Waals surface area contributed by atoms with Crippen molar-refractivity contribution in [2.45, 2.75) is 32.2 Å². The lowest BCUT2D eigenvalue weighted by atomic mass is 10.0. The van der Waals surface area contributed by atoms with Crippen molar-refractivity contribution in [1.82, 2.24) is 15.4 Å². The topological polar surface area (TPSA) is 85.4 Å². The number of fused-ring (bicyclic) bond motifs is 1. The molecule has 2 heterocycles. The summed E-state index contributed by atoms with van der Waals surface area (Å²) in [4.78, 5) is 29.7. The zero-order valence-corrected chi connectivity index (χ0v) is 16.9. The van der Waals surface area contributed by atoms with Crippen LogP contribution in [0.2, 0.25) is 0 Å². The number of amides is 2. The molecule has 0 radical (unpaired) electrons. The molecular formula is C24H25N3O3. The Labute approximate surface area is 175 Å². The van der Waals surface area contributed by atoms with E-state index in [2.05, 4.69) is 11.1 Å². The zero-order valence-electron chi connectivity index (χ0n) is 16.9. The second-order valence-corrected chi connectivity index (χ2v) is 7.67. The maximum Gasteiger partial charge on any atom is 0.267 e. The van der Waals surface area contributed by atoms with Crippen LogP contribution in [0.25, 0.3) is 17.0 Å². The minimum atomic E-state index is -0.570. The van der Waals surface area contributed by atoms with E-state index in [0.29, 0.717) is 6.42 Å². The second-order valence-electron chi connectivity index (χ2n) is 7.67. The number of aromatic nitrogens is 1. The zero-order chi connectivity index (χ0) is 21.1. The van der Waals surface area contributed by atoms with Gasteiger partial charge in [-0.25, -0.2) is 5.48 Å². The lowest BCUT2D eigenvalue weighted by Gasteiger charge is -2.25. The van der Waals surface area contributed by atoms with Crippen molar-refractivity contribution in [1.29, 1.82) is 0 Å². The summed E-state index contributed by atoms with van der Waals surface area (Å²) in [6.45, 7) is 2.79. The van der Waals surface area contributed by atoms with Gasteiger partial charge in [-0.1, -0.05) is 42.5 Å². The molecular weight excluding hydrogens is 378 g/mol. The molecule has 1 atom stereocenters. The van der Waals surface area contributed by atoms with Gasteiger partial charge in [-0.2, -0.15) is 0 Å². The van der Waals surface area contributed by atoms with Crippen LogP contribution in [-0.4, -0.2) is 33.5 Å². The summed E-state index contributed by atoms with van der Waals surface area (Å²) in [5, 5.41) is 9.67. The average molecular weight is 403 g/mol. The molecule has 30 heavy (non-hydrogen) atoms. The fourth-order valence-corrected chi connectivity index (χ4v) is 4.27. The van der Waals surface area contributed by atoms with Crippen LogP contribution in [0.5, 0.6) is 0 Å². The molecule has 1 aliphatic rings. The molecule has 1 aliphatic heterocycles. The number of nitrogens with one attached hydrogen (secondary N) is 2. The smallest absolute Gasteiger partial charge is 0.267 e. The second kappa shape index (κ2) is 8.55. The van der Waals surface area contributed by atoms with Gasteiger partial charge in [-0.15, -0.1) is 0 Å². The van der Waals surface area contributed by atoms with Crippen LogP contribution in [0.15, 0.2) is 54.6 Å². The minimum absolute atomic E-state index is 0.0711. The molecule has 6 nitrogen and oxygen atoms in total. The van der Waals surface area contributed by atoms with Crippen molar-refractivity contribution < 1.29 is 14.8 Å². The Bertz CT molecular complexity index is 1100. The largest absolute Gasteiger partial charge is 0.358 e. The summed E-state index contributed by atoms with van der Waals surface area (Å²) in [6, 6.07) is 16.0. The number of H-pyrrole nitrogens is 1. The van der Waals surface area contributed by atoms with Crippen LogP contribution >= 0.6 is 0 Å². The molecule has 0 aliphatic carbocycles. The summed E-state index contributed by atoms with van der Waals surface area (Å²) < 4.78 is 0. The summed E-state index contributed by atoms with van der Waals surface area (Å²) in [6.07, 6.45) is 5.22. The molecule has 3 aromatic rings. The first-order valence-corrected chi connectivity index (χ1v) is 10.1. The predicted octanol–water partition coefficient (Wildman–Crippen LogP) is 3.90. The van der Waals surface area contributed by atoms with E-state index in [9.17, 15) is 9.59 Å². The molecule has 154 valence electrons. The van der Waals surface area contributed by atoms with Crippen molar-refractivity contribution in [2.75, 3.05) is 6.54 Å². The fraction of sp³-hybridized carbons (Fsp3) is 0.250. The molecule has 1 aromatic heterocycles. The third-order valence-electron chi connectivity index (χ3n) is 5.79. The van der Waals surface area contributed by atoms with Crippen LogP contribution in [-0.2, 0) is 16.0 Å². The summed E-state index contributed by atoms with van der Waals surface area (Å²) in [5.41, 5.74) is 6.70. The molecule has 0 spiro atoms. The number of carbonyl (C=O) groups is 2. The van der Waals surface area contributed by atoms with E-state index in [1.54, 1.807) is 11.6 Å². The van der Waals surface area contributed by atoms with Gasteiger partial charge in [0.15, 0.2) is 0 Å². The normalized spacial score (nSPS) is 16.5. The van der Waals surface area contributed by atoms with Gasteiger partial charge in [-0.05, 0) is 48.6 Å².